The molecule has 0 unspecified atom stereocenters. The fourth-order valence-corrected chi connectivity index (χ4v) is 3.26. The molecule has 1 saturated carbocycles. The monoisotopic (exact) mass is 196 g/mol. The lowest BCUT2D eigenvalue weighted by Crippen LogP contribution is -2.65. The maximum absolute atomic E-state index is 11.8. The van der Waals surface area contributed by atoms with Gasteiger partial charge in [0.05, 0.1) is 11.8 Å². The number of Topliss-reactive ketones (excluding diaryl/α,β-unsaturated/α-hetero) is 2. The van der Waals surface area contributed by atoms with E-state index in [0.717, 1.165) is 0 Å². The minimum absolute atomic E-state index is 0.113. The van der Waals surface area contributed by atoms with Gasteiger partial charge in [0, 0.05) is 0 Å². The van der Waals surface area contributed by atoms with E-state index < -0.39 is 5.41 Å². The van der Waals surface area contributed by atoms with Gasteiger partial charge in [-0.1, -0.05) is 41.5 Å². The molecule has 2 nitrogen and oxygen atoms in total. The third kappa shape index (κ3) is 1.09. The van der Waals surface area contributed by atoms with Crippen LogP contribution in [0.25, 0.3) is 0 Å². The molecule has 0 bridgehead atoms. The minimum atomic E-state index is -0.764. The molecular formula is C12H20O2. The fraction of sp³-hybridized carbons (Fsp3) is 0.833. The predicted molar refractivity (Wildman–Crippen MR) is 56.0 cm³/mol. The lowest BCUT2D eigenvalue weighted by Gasteiger charge is -2.55. The fourth-order valence-electron chi connectivity index (χ4n) is 3.26. The van der Waals surface area contributed by atoms with Crippen molar-refractivity contribution >= 4 is 11.6 Å². The molecule has 0 aromatic heterocycles. The average Bonchev–Trinajstić information content (AvgIpc) is 1.78. The van der Waals surface area contributed by atoms with Crippen LogP contribution < -0.4 is 0 Å². The molecule has 0 heterocycles. The van der Waals surface area contributed by atoms with Gasteiger partial charge in [0.2, 0.25) is 0 Å². The van der Waals surface area contributed by atoms with Gasteiger partial charge < -0.3 is 0 Å². The first-order valence-corrected chi connectivity index (χ1v) is 5.12. The highest BCUT2D eigenvalue weighted by atomic mass is 16.2. The van der Waals surface area contributed by atoms with Gasteiger partial charge in [0.25, 0.3) is 0 Å². The van der Waals surface area contributed by atoms with Crippen LogP contribution >= 0.6 is 0 Å². The van der Waals surface area contributed by atoms with Crippen LogP contribution in [0.2, 0.25) is 0 Å². The van der Waals surface area contributed by atoms with Gasteiger partial charge in [-0.2, -0.15) is 0 Å². The number of hydrogen-bond donors (Lipinski definition) is 0. The number of carbonyl (C=O) groups excluding carboxylic acids is 2. The highest BCUT2D eigenvalue weighted by molar-refractivity contribution is 6.26. The second-order valence-corrected chi connectivity index (χ2v) is 6.27. The second kappa shape index (κ2) is 2.68. The first-order valence-electron chi connectivity index (χ1n) is 5.12. The summed E-state index contributed by atoms with van der Waals surface area (Å²) in [6.45, 7) is 11.9. The van der Waals surface area contributed by atoms with Crippen molar-refractivity contribution in [1.82, 2.24) is 0 Å². The van der Waals surface area contributed by atoms with Crippen LogP contribution in [0.15, 0.2) is 0 Å². The molecule has 1 aliphatic rings. The zero-order chi connectivity index (χ0) is 11.4. The summed E-state index contributed by atoms with van der Waals surface area (Å²) in [5.41, 5.74) is -1.32. The Kier molecular flexibility index (Phi) is 2.18. The second-order valence-electron chi connectivity index (χ2n) is 6.27. The molecular weight excluding hydrogens is 176 g/mol. The van der Waals surface area contributed by atoms with Crippen molar-refractivity contribution in [1.29, 1.82) is 0 Å². The maximum Gasteiger partial charge on any atom is 0.154 e. The summed E-state index contributed by atoms with van der Waals surface area (Å²) >= 11 is 0. The normalized spacial score (nSPS) is 22.1. The van der Waals surface area contributed by atoms with Crippen molar-refractivity contribution in [3.05, 3.63) is 0 Å². The summed E-state index contributed by atoms with van der Waals surface area (Å²) in [7, 11) is 0. The highest BCUT2D eigenvalue weighted by Gasteiger charge is 2.66. The van der Waals surface area contributed by atoms with Crippen LogP contribution in [0.5, 0.6) is 0 Å². The largest absolute Gasteiger partial charge is 0.298 e. The lowest BCUT2D eigenvalue weighted by molar-refractivity contribution is -0.173. The van der Waals surface area contributed by atoms with Gasteiger partial charge in [-0.25, -0.2) is 0 Å². The molecule has 0 amide bonds. The highest BCUT2D eigenvalue weighted by Crippen LogP contribution is 2.58. The number of rotatable bonds is 0. The molecule has 0 aromatic carbocycles. The quantitative estimate of drug-likeness (QED) is 0.558. The van der Waals surface area contributed by atoms with Crippen molar-refractivity contribution < 1.29 is 9.59 Å². The van der Waals surface area contributed by atoms with Gasteiger partial charge in [-0.05, 0) is 10.8 Å². The molecule has 0 saturated heterocycles. The Bertz CT molecular complexity index is 256. The average molecular weight is 196 g/mol. The Morgan fingerprint density at radius 2 is 1.14 bits per heavy atom. The first-order chi connectivity index (χ1) is 6.05. The maximum atomic E-state index is 11.8. The predicted octanol–water partition coefficient (Wildman–Crippen LogP) is 2.61. The van der Waals surface area contributed by atoms with Crippen molar-refractivity contribution in [3.8, 4) is 0 Å². The Balaban J connectivity index is 3.32. The van der Waals surface area contributed by atoms with Gasteiger partial charge >= 0.3 is 0 Å². The topological polar surface area (TPSA) is 34.1 Å². The van der Waals surface area contributed by atoms with E-state index in [0.29, 0.717) is 0 Å². The summed E-state index contributed by atoms with van der Waals surface area (Å²) in [6.07, 6.45) is 0.133. The molecule has 14 heavy (non-hydrogen) atoms. The molecule has 80 valence electrons. The van der Waals surface area contributed by atoms with E-state index in [-0.39, 0.29) is 28.8 Å². The van der Waals surface area contributed by atoms with Crippen LogP contribution in [-0.2, 0) is 9.59 Å². The van der Waals surface area contributed by atoms with E-state index in [4.69, 9.17) is 0 Å². The van der Waals surface area contributed by atoms with Gasteiger partial charge in [-0.15, -0.1) is 0 Å². The SMILES string of the molecule is CC(C)(C)C1(C(C)(C)C)C(=O)CC1=O. The van der Waals surface area contributed by atoms with E-state index in [9.17, 15) is 9.59 Å². The van der Waals surface area contributed by atoms with Crippen molar-refractivity contribution in [2.24, 2.45) is 16.2 Å². The van der Waals surface area contributed by atoms with Crippen molar-refractivity contribution in [3.63, 3.8) is 0 Å². The van der Waals surface area contributed by atoms with E-state index in [2.05, 4.69) is 0 Å². The number of ketones is 2. The molecule has 0 atom stereocenters. The van der Waals surface area contributed by atoms with Crippen molar-refractivity contribution in [2.45, 2.75) is 48.0 Å². The summed E-state index contributed by atoms with van der Waals surface area (Å²) in [5, 5.41) is 0. The molecule has 1 aliphatic carbocycles. The Morgan fingerprint density at radius 3 is 1.21 bits per heavy atom. The van der Waals surface area contributed by atoms with Gasteiger partial charge in [0.15, 0.2) is 11.6 Å². The van der Waals surface area contributed by atoms with E-state index >= 15 is 0 Å². The van der Waals surface area contributed by atoms with Gasteiger partial charge in [0.1, 0.15) is 0 Å². The van der Waals surface area contributed by atoms with E-state index in [1.807, 2.05) is 41.5 Å². The number of carbonyl (C=O) groups is 2. The zero-order valence-electron chi connectivity index (χ0n) is 10.0. The third-order valence-corrected chi connectivity index (χ3v) is 3.41. The van der Waals surface area contributed by atoms with E-state index in [1.165, 1.54) is 0 Å². The third-order valence-electron chi connectivity index (χ3n) is 3.41. The van der Waals surface area contributed by atoms with Crippen LogP contribution in [-0.4, -0.2) is 11.6 Å². The Morgan fingerprint density at radius 1 is 0.857 bits per heavy atom. The molecule has 2 heteroatoms. The van der Waals surface area contributed by atoms with Crippen LogP contribution in [0.1, 0.15) is 48.0 Å². The summed E-state index contributed by atoms with van der Waals surface area (Å²) in [4.78, 5) is 23.7. The molecule has 0 N–H and O–H groups in total. The van der Waals surface area contributed by atoms with Crippen LogP contribution in [0, 0.1) is 16.2 Å². The molecule has 0 aromatic rings. The minimum Gasteiger partial charge on any atom is -0.298 e. The van der Waals surface area contributed by atoms with Crippen LogP contribution in [0.3, 0.4) is 0 Å². The molecule has 0 aliphatic heterocycles. The zero-order valence-corrected chi connectivity index (χ0v) is 10.0. The Labute approximate surface area is 86.1 Å². The molecule has 0 spiro atoms. The summed E-state index contributed by atoms with van der Waals surface area (Å²) in [6, 6.07) is 0. The Hall–Kier alpha value is -0.660. The van der Waals surface area contributed by atoms with E-state index in [1.54, 1.807) is 0 Å². The standard InChI is InChI=1S/C12H20O2/c1-10(2,3)12(11(4,5)6)8(13)7-9(12)14/h7H2,1-6H3. The summed E-state index contributed by atoms with van der Waals surface area (Å²) in [5.74, 6) is 0.227. The first kappa shape index (κ1) is 11.4. The van der Waals surface area contributed by atoms with Gasteiger partial charge in [-0.3, -0.25) is 9.59 Å². The molecule has 1 rings (SSSR count). The smallest absolute Gasteiger partial charge is 0.154 e. The number of hydrogen-bond acceptors (Lipinski definition) is 2. The van der Waals surface area contributed by atoms with Crippen LogP contribution in [0.4, 0.5) is 0 Å². The van der Waals surface area contributed by atoms with Crippen molar-refractivity contribution in [2.75, 3.05) is 0 Å². The molecule has 0 radical (unpaired) electrons. The lowest BCUT2D eigenvalue weighted by atomic mass is 9.44. The molecule has 1 fully saturated rings. The summed E-state index contributed by atoms with van der Waals surface area (Å²) < 4.78 is 0.